The Morgan fingerprint density at radius 3 is 2.31 bits per heavy atom. The van der Waals surface area contributed by atoms with Crippen LogP contribution < -0.4 is 0 Å². The lowest BCUT2D eigenvalue weighted by molar-refractivity contribution is -0.119. The molecule has 1 saturated heterocycles. The first-order chi connectivity index (χ1) is 18.3. The van der Waals surface area contributed by atoms with Gasteiger partial charge in [0.2, 0.25) is 0 Å². The van der Waals surface area contributed by atoms with Crippen molar-refractivity contribution >= 4 is 29.0 Å². The molecule has 0 aliphatic carbocycles. The Labute approximate surface area is 228 Å². The zero-order valence-corrected chi connectivity index (χ0v) is 23.2. The molecule has 2 amide bonds. The monoisotopic (exact) mass is 536 g/mol. The summed E-state index contributed by atoms with van der Waals surface area (Å²) in [6, 6.07) is 12.4. The summed E-state index contributed by atoms with van der Waals surface area (Å²) >= 11 is 0. The molecule has 10 nitrogen and oxygen atoms in total. The minimum Gasteiger partial charge on any atom is -0.507 e. The Morgan fingerprint density at radius 2 is 1.64 bits per heavy atom. The second-order valence-electron chi connectivity index (χ2n) is 11.9. The molecular formula is C29H36N4O6. The number of hydrogen-bond donors (Lipinski definition) is 1. The predicted octanol–water partition coefficient (Wildman–Crippen LogP) is 5.60. The van der Waals surface area contributed by atoms with Gasteiger partial charge < -0.3 is 19.6 Å². The molecule has 1 aliphatic rings. The van der Waals surface area contributed by atoms with Crippen LogP contribution >= 0.6 is 0 Å². The largest absolute Gasteiger partial charge is 0.507 e. The van der Waals surface area contributed by atoms with Crippen molar-refractivity contribution in [3.63, 3.8) is 0 Å². The van der Waals surface area contributed by atoms with Gasteiger partial charge >= 0.3 is 12.2 Å². The molecule has 0 spiro atoms. The maximum atomic E-state index is 13.7. The molecule has 0 saturated carbocycles. The number of aromatic hydroxyl groups is 1. The number of rotatable bonds is 2. The first-order valence-electron chi connectivity index (χ1n) is 13.0. The van der Waals surface area contributed by atoms with E-state index in [4.69, 9.17) is 9.57 Å². The van der Waals surface area contributed by atoms with Crippen molar-refractivity contribution in [3.05, 3.63) is 60.3 Å². The molecule has 1 fully saturated rings. The number of fused-ring (bicyclic) bond motifs is 1. The molecule has 3 aromatic rings. The SMILES string of the molecule is CC(C)(C)OC(=O)N1CCC(N(OC(=O)n2ncc3ccccc32)C(=O)c2ccccc2O)CC1C(C)(C)C. The Hall–Kier alpha value is -4.08. The summed E-state index contributed by atoms with van der Waals surface area (Å²) in [6.45, 7) is 11.8. The summed E-state index contributed by atoms with van der Waals surface area (Å²) < 4.78 is 6.76. The van der Waals surface area contributed by atoms with Gasteiger partial charge in [0.15, 0.2) is 0 Å². The molecule has 2 atom stereocenters. The quantitative estimate of drug-likeness (QED) is 0.424. The van der Waals surface area contributed by atoms with Crippen LogP contribution in [0, 0.1) is 5.41 Å². The molecule has 2 unspecified atom stereocenters. The zero-order valence-electron chi connectivity index (χ0n) is 23.2. The number of ether oxygens (including phenoxy) is 1. The number of piperidine rings is 1. The summed E-state index contributed by atoms with van der Waals surface area (Å²) in [5.41, 5.74) is -0.505. The smallest absolute Gasteiger partial charge is 0.459 e. The van der Waals surface area contributed by atoms with Crippen molar-refractivity contribution < 1.29 is 29.1 Å². The van der Waals surface area contributed by atoms with Crippen molar-refractivity contribution in [2.24, 2.45) is 5.41 Å². The first kappa shape index (κ1) is 27.9. The fraction of sp³-hybridized carbons (Fsp3) is 0.448. The highest BCUT2D eigenvalue weighted by atomic mass is 16.7. The number of para-hydroxylation sites is 2. The van der Waals surface area contributed by atoms with Crippen LogP contribution in [0.4, 0.5) is 9.59 Å². The number of hydrogen-bond acceptors (Lipinski definition) is 7. The average molecular weight is 537 g/mol. The summed E-state index contributed by atoms with van der Waals surface area (Å²) in [5.74, 6) is -0.895. The Morgan fingerprint density at radius 1 is 0.974 bits per heavy atom. The Balaban J connectivity index is 1.67. The number of carbonyl (C=O) groups is 3. The van der Waals surface area contributed by atoms with Gasteiger partial charge in [0.1, 0.15) is 11.4 Å². The van der Waals surface area contributed by atoms with E-state index >= 15 is 0 Å². The third-order valence-corrected chi connectivity index (χ3v) is 6.70. The van der Waals surface area contributed by atoms with Gasteiger partial charge in [-0.1, -0.05) is 51.1 Å². The molecule has 1 aromatic heterocycles. The van der Waals surface area contributed by atoms with Crippen LogP contribution in [0.3, 0.4) is 0 Å². The van der Waals surface area contributed by atoms with Crippen molar-refractivity contribution in [2.45, 2.75) is 72.1 Å². The molecule has 1 aliphatic heterocycles. The second kappa shape index (κ2) is 10.6. The number of phenols is 1. The summed E-state index contributed by atoms with van der Waals surface area (Å²) in [7, 11) is 0. The number of phenolic OH excluding ortho intramolecular Hbond substituents is 1. The molecule has 4 rings (SSSR count). The fourth-order valence-electron chi connectivity index (χ4n) is 4.81. The second-order valence-corrected chi connectivity index (χ2v) is 11.9. The van der Waals surface area contributed by atoms with Crippen molar-refractivity contribution in [1.82, 2.24) is 19.7 Å². The van der Waals surface area contributed by atoms with E-state index in [9.17, 15) is 19.5 Å². The highest BCUT2D eigenvalue weighted by Gasteiger charge is 2.44. The van der Waals surface area contributed by atoms with Gasteiger partial charge in [0, 0.05) is 18.0 Å². The van der Waals surface area contributed by atoms with E-state index in [0.29, 0.717) is 18.4 Å². The lowest BCUT2D eigenvalue weighted by Crippen LogP contribution is -2.58. The van der Waals surface area contributed by atoms with Crippen molar-refractivity contribution in [3.8, 4) is 5.75 Å². The van der Waals surface area contributed by atoms with Gasteiger partial charge in [-0.2, -0.15) is 14.8 Å². The van der Waals surface area contributed by atoms with E-state index in [1.807, 2.05) is 53.7 Å². The standard InChI is InChI=1S/C29H36N4O6/c1-28(2,3)24-17-20(15-16-31(24)26(36)38-29(4,5)6)33(25(35)21-12-8-10-14-23(21)34)39-27(37)32-22-13-9-7-11-19(22)18-30-32/h7-14,18,20,24,34H,15-17H2,1-6H3. The van der Waals surface area contributed by atoms with Gasteiger partial charge in [-0.25, -0.2) is 9.59 Å². The van der Waals surface area contributed by atoms with Crippen LogP contribution in [0.15, 0.2) is 54.7 Å². The molecule has 39 heavy (non-hydrogen) atoms. The topological polar surface area (TPSA) is 114 Å². The fourth-order valence-corrected chi connectivity index (χ4v) is 4.81. The number of benzene rings is 2. The minimum absolute atomic E-state index is 0.00231. The number of aromatic nitrogens is 2. The number of carbonyl (C=O) groups excluding carboxylic acids is 3. The van der Waals surface area contributed by atoms with Gasteiger partial charge in [-0.3, -0.25) is 4.79 Å². The van der Waals surface area contributed by atoms with Crippen LogP contribution in [-0.4, -0.2) is 67.2 Å². The molecule has 2 heterocycles. The minimum atomic E-state index is -0.859. The molecule has 2 aromatic carbocycles. The number of nitrogens with zero attached hydrogens (tertiary/aromatic N) is 4. The van der Waals surface area contributed by atoms with E-state index < -0.39 is 29.7 Å². The van der Waals surface area contributed by atoms with Crippen LogP contribution in [0.5, 0.6) is 5.75 Å². The predicted molar refractivity (Wildman–Crippen MR) is 145 cm³/mol. The molecule has 10 heteroatoms. The number of likely N-dealkylation sites (tertiary alicyclic amines) is 1. The average Bonchev–Trinajstić information content (AvgIpc) is 3.29. The highest BCUT2D eigenvalue weighted by molar-refractivity contribution is 5.97. The van der Waals surface area contributed by atoms with Crippen LogP contribution in [0.25, 0.3) is 10.9 Å². The van der Waals surface area contributed by atoms with E-state index in [2.05, 4.69) is 5.10 Å². The number of hydroxylamine groups is 2. The first-order valence-corrected chi connectivity index (χ1v) is 13.0. The van der Waals surface area contributed by atoms with Gasteiger partial charge in [-0.15, -0.1) is 0 Å². The van der Waals surface area contributed by atoms with Crippen LogP contribution in [0.1, 0.15) is 64.7 Å². The normalized spacial score (nSPS) is 18.1. The van der Waals surface area contributed by atoms with Crippen molar-refractivity contribution in [1.29, 1.82) is 0 Å². The van der Waals surface area contributed by atoms with E-state index in [1.165, 1.54) is 12.1 Å². The lowest BCUT2D eigenvalue weighted by atomic mass is 9.79. The van der Waals surface area contributed by atoms with Crippen LogP contribution in [-0.2, 0) is 9.57 Å². The highest BCUT2D eigenvalue weighted by Crippen LogP contribution is 2.36. The third kappa shape index (κ3) is 6.16. The molecule has 0 bridgehead atoms. The molecule has 0 radical (unpaired) electrons. The molecule has 1 N–H and O–H groups in total. The van der Waals surface area contributed by atoms with E-state index in [1.54, 1.807) is 35.4 Å². The lowest BCUT2D eigenvalue weighted by Gasteiger charge is -2.47. The summed E-state index contributed by atoms with van der Waals surface area (Å²) in [6.07, 6.45) is 0.912. The maximum absolute atomic E-state index is 13.7. The number of amides is 2. The third-order valence-electron chi connectivity index (χ3n) is 6.70. The van der Waals surface area contributed by atoms with Crippen molar-refractivity contribution in [2.75, 3.05) is 6.54 Å². The van der Waals surface area contributed by atoms with Crippen LogP contribution in [0.2, 0.25) is 0 Å². The summed E-state index contributed by atoms with van der Waals surface area (Å²) in [4.78, 5) is 47.6. The van der Waals surface area contributed by atoms with Gasteiger partial charge in [0.05, 0.1) is 23.3 Å². The maximum Gasteiger partial charge on any atom is 0.459 e. The van der Waals surface area contributed by atoms with Gasteiger partial charge in [0.25, 0.3) is 5.91 Å². The Kier molecular flexibility index (Phi) is 7.59. The van der Waals surface area contributed by atoms with E-state index in [-0.39, 0.29) is 29.3 Å². The molecular weight excluding hydrogens is 500 g/mol. The van der Waals surface area contributed by atoms with Gasteiger partial charge in [-0.05, 0) is 57.2 Å². The molecule has 208 valence electrons. The zero-order chi connectivity index (χ0) is 28.5. The Bertz CT molecular complexity index is 1370. The summed E-state index contributed by atoms with van der Waals surface area (Å²) in [5, 5.41) is 16.3. The van der Waals surface area contributed by atoms with E-state index in [0.717, 1.165) is 15.1 Å².